The van der Waals surface area contributed by atoms with Crippen LogP contribution in [-0.4, -0.2) is 36.6 Å². The van der Waals surface area contributed by atoms with Crippen molar-refractivity contribution in [3.63, 3.8) is 0 Å². The minimum Gasteiger partial charge on any atom is -0.454 e. The highest BCUT2D eigenvalue weighted by atomic mass is 32.2. The Morgan fingerprint density at radius 2 is 1.93 bits per heavy atom. The monoisotopic (exact) mass is 401 g/mol. The molecule has 2 aromatic carbocycles. The SMILES string of the molecule is CSc1cccc(N2C[C@@H](C(=O)O[C@H](C)C(=O)c3ccc(F)cc3)CC2=O)c1. The Labute approximate surface area is 166 Å². The number of amides is 1. The summed E-state index contributed by atoms with van der Waals surface area (Å²) in [7, 11) is 0. The Kier molecular flexibility index (Phi) is 6.14. The molecule has 1 aliphatic heterocycles. The number of hydrogen-bond donors (Lipinski definition) is 0. The highest BCUT2D eigenvalue weighted by Gasteiger charge is 2.37. The molecule has 7 heteroatoms. The summed E-state index contributed by atoms with van der Waals surface area (Å²) in [6.07, 6.45) is 0.978. The summed E-state index contributed by atoms with van der Waals surface area (Å²) < 4.78 is 18.3. The van der Waals surface area contributed by atoms with Gasteiger partial charge in [0, 0.05) is 29.1 Å². The van der Waals surface area contributed by atoms with Crippen LogP contribution in [0.5, 0.6) is 0 Å². The predicted octanol–water partition coefficient (Wildman–Crippen LogP) is 3.72. The Morgan fingerprint density at radius 3 is 2.61 bits per heavy atom. The fourth-order valence-corrected chi connectivity index (χ4v) is 3.52. The highest BCUT2D eigenvalue weighted by molar-refractivity contribution is 7.98. The van der Waals surface area contributed by atoms with Gasteiger partial charge in [-0.3, -0.25) is 14.4 Å². The standard InChI is InChI=1S/C21H20FNO4S/c1-13(20(25)14-6-8-16(22)9-7-14)27-21(26)15-10-19(24)23(12-15)17-4-3-5-18(11-17)28-2/h3-9,11,13,15H,10,12H2,1-2H3/t13-,15+/m1/s1. The van der Waals surface area contributed by atoms with Crippen molar-refractivity contribution in [2.45, 2.75) is 24.3 Å². The number of benzene rings is 2. The number of Topliss-reactive ketones (excluding diaryl/α,β-unsaturated/α-hetero) is 1. The molecule has 0 radical (unpaired) electrons. The van der Waals surface area contributed by atoms with Crippen LogP contribution in [0.1, 0.15) is 23.7 Å². The lowest BCUT2D eigenvalue weighted by Gasteiger charge is -2.18. The van der Waals surface area contributed by atoms with Crippen molar-refractivity contribution < 1.29 is 23.5 Å². The summed E-state index contributed by atoms with van der Waals surface area (Å²) in [6.45, 7) is 1.69. The molecule has 0 N–H and O–H groups in total. The minimum absolute atomic E-state index is 0.0415. The van der Waals surface area contributed by atoms with Crippen LogP contribution in [0, 0.1) is 11.7 Å². The zero-order valence-electron chi connectivity index (χ0n) is 15.6. The van der Waals surface area contributed by atoms with Crippen molar-refractivity contribution in [1.29, 1.82) is 0 Å². The first-order valence-corrected chi connectivity index (χ1v) is 10.1. The van der Waals surface area contributed by atoms with Crippen LogP contribution in [0.25, 0.3) is 0 Å². The molecule has 28 heavy (non-hydrogen) atoms. The maximum Gasteiger partial charge on any atom is 0.312 e. The minimum atomic E-state index is -1.01. The maximum absolute atomic E-state index is 13.0. The lowest BCUT2D eigenvalue weighted by Crippen LogP contribution is -2.30. The molecular weight excluding hydrogens is 381 g/mol. The van der Waals surface area contributed by atoms with E-state index in [1.807, 2.05) is 30.5 Å². The highest BCUT2D eigenvalue weighted by Crippen LogP contribution is 2.29. The molecule has 0 aromatic heterocycles. The fourth-order valence-electron chi connectivity index (χ4n) is 3.07. The Morgan fingerprint density at radius 1 is 1.21 bits per heavy atom. The smallest absolute Gasteiger partial charge is 0.312 e. The number of halogens is 1. The molecule has 0 spiro atoms. The van der Waals surface area contributed by atoms with Gasteiger partial charge >= 0.3 is 5.97 Å². The van der Waals surface area contributed by atoms with Crippen LogP contribution in [0.15, 0.2) is 53.4 Å². The number of ketones is 1. The van der Waals surface area contributed by atoms with Gasteiger partial charge in [0.2, 0.25) is 11.7 Å². The topological polar surface area (TPSA) is 63.7 Å². The van der Waals surface area contributed by atoms with Gasteiger partial charge in [0.25, 0.3) is 0 Å². The summed E-state index contributed by atoms with van der Waals surface area (Å²) >= 11 is 1.57. The Balaban J connectivity index is 1.64. The van der Waals surface area contributed by atoms with Crippen molar-refractivity contribution in [1.82, 2.24) is 0 Å². The number of carbonyl (C=O) groups excluding carboxylic acids is 3. The summed E-state index contributed by atoms with van der Waals surface area (Å²) in [6, 6.07) is 12.6. The van der Waals surface area contributed by atoms with E-state index in [4.69, 9.17) is 4.74 Å². The fraction of sp³-hybridized carbons (Fsp3) is 0.286. The molecule has 1 amide bonds. The van der Waals surface area contributed by atoms with E-state index >= 15 is 0 Å². The van der Waals surface area contributed by atoms with Crippen molar-refractivity contribution in [2.75, 3.05) is 17.7 Å². The first-order chi connectivity index (χ1) is 13.4. The number of thioether (sulfide) groups is 1. The van der Waals surface area contributed by atoms with Crippen molar-refractivity contribution >= 4 is 35.1 Å². The second-order valence-electron chi connectivity index (χ2n) is 6.56. The predicted molar refractivity (Wildman–Crippen MR) is 105 cm³/mol. The van der Waals surface area contributed by atoms with Gasteiger partial charge in [-0.15, -0.1) is 11.8 Å². The van der Waals surface area contributed by atoms with Gasteiger partial charge in [-0.1, -0.05) is 6.07 Å². The van der Waals surface area contributed by atoms with Crippen molar-refractivity contribution in [3.8, 4) is 0 Å². The molecule has 0 aliphatic carbocycles. The Hall–Kier alpha value is -2.67. The normalized spacial score (nSPS) is 17.5. The molecule has 2 aromatic rings. The van der Waals surface area contributed by atoms with Gasteiger partial charge in [-0.2, -0.15) is 0 Å². The molecule has 0 bridgehead atoms. The second-order valence-corrected chi connectivity index (χ2v) is 7.44. The van der Waals surface area contributed by atoms with Crippen molar-refractivity contribution in [3.05, 3.63) is 59.9 Å². The largest absolute Gasteiger partial charge is 0.454 e. The first kappa shape index (κ1) is 20.1. The number of carbonyl (C=O) groups is 3. The van der Waals surface area contributed by atoms with E-state index in [9.17, 15) is 18.8 Å². The van der Waals surface area contributed by atoms with Crippen LogP contribution < -0.4 is 4.90 Å². The van der Waals surface area contributed by atoms with Crippen LogP contribution in [-0.2, 0) is 14.3 Å². The van der Waals surface area contributed by atoms with Gasteiger partial charge in [0.05, 0.1) is 5.92 Å². The first-order valence-electron chi connectivity index (χ1n) is 8.83. The molecule has 3 rings (SSSR count). The van der Waals surface area contributed by atoms with Gasteiger partial charge in [0.15, 0.2) is 6.10 Å². The molecule has 146 valence electrons. The third-order valence-corrected chi connectivity index (χ3v) is 5.34. The molecule has 1 heterocycles. The van der Waals surface area contributed by atoms with E-state index in [2.05, 4.69) is 0 Å². The van der Waals surface area contributed by atoms with Crippen LogP contribution in [0.4, 0.5) is 10.1 Å². The summed E-state index contributed by atoms with van der Waals surface area (Å²) in [5.74, 6) is -2.23. The maximum atomic E-state index is 13.0. The van der Waals surface area contributed by atoms with E-state index < -0.39 is 29.6 Å². The van der Waals surface area contributed by atoms with E-state index in [1.54, 1.807) is 16.7 Å². The molecule has 0 saturated carbocycles. The van der Waals surface area contributed by atoms with Gasteiger partial charge < -0.3 is 9.64 Å². The lowest BCUT2D eigenvalue weighted by atomic mass is 10.1. The average Bonchev–Trinajstić information content (AvgIpc) is 3.10. The van der Waals surface area contributed by atoms with E-state index in [1.165, 1.54) is 31.2 Å². The molecule has 1 aliphatic rings. The number of rotatable bonds is 6. The third-order valence-electron chi connectivity index (χ3n) is 4.61. The zero-order valence-corrected chi connectivity index (χ0v) is 16.4. The number of anilines is 1. The molecule has 1 saturated heterocycles. The molecule has 0 unspecified atom stereocenters. The molecule has 2 atom stereocenters. The van der Waals surface area contributed by atoms with Gasteiger partial charge in [-0.25, -0.2) is 4.39 Å². The summed E-state index contributed by atoms with van der Waals surface area (Å²) in [5.41, 5.74) is 1.00. The number of hydrogen-bond acceptors (Lipinski definition) is 5. The molecule has 1 fully saturated rings. The van der Waals surface area contributed by atoms with E-state index in [-0.39, 0.29) is 24.4 Å². The Bertz CT molecular complexity index is 900. The van der Waals surface area contributed by atoms with Crippen molar-refractivity contribution in [2.24, 2.45) is 5.92 Å². The zero-order chi connectivity index (χ0) is 20.3. The number of nitrogens with zero attached hydrogens (tertiary/aromatic N) is 1. The summed E-state index contributed by atoms with van der Waals surface area (Å²) in [5, 5.41) is 0. The number of esters is 1. The van der Waals surface area contributed by atoms with Gasteiger partial charge in [0.1, 0.15) is 5.82 Å². The molecular formula is C21H20FNO4S. The lowest BCUT2D eigenvalue weighted by molar-refractivity contribution is -0.151. The third kappa shape index (κ3) is 4.42. The summed E-state index contributed by atoms with van der Waals surface area (Å²) in [4.78, 5) is 39.8. The van der Waals surface area contributed by atoms with E-state index in [0.717, 1.165) is 10.6 Å². The quantitative estimate of drug-likeness (QED) is 0.419. The van der Waals surface area contributed by atoms with E-state index in [0.29, 0.717) is 0 Å². The van der Waals surface area contributed by atoms with Crippen LogP contribution >= 0.6 is 11.8 Å². The average molecular weight is 401 g/mol. The van der Waals surface area contributed by atoms with Gasteiger partial charge in [-0.05, 0) is 55.6 Å². The number of ether oxygens (including phenoxy) is 1. The van der Waals surface area contributed by atoms with Crippen LogP contribution in [0.3, 0.4) is 0 Å². The second kappa shape index (κ2) is 8.56. The molecule has 5 nitrogen and oxygen atoms in total. The van der Waals surface area contributed by atoms with Crippen LogP contribution in [0.2, 0.25) is 0 Å².